The van der Waals surface area contributed by atoms with Crippen molar-refractivity contribution in [2.45, 2.75) is 13.5 Å². The molecule has 0 unspecified atom stereocenters. The summed E-state index contributed by atoms with van der Waals surface area (Å²) in [5.41, 5.74) is 5.48. The predicted molar refractivity (Wildman–Crippen MR) is 101 cm³/mol. The molecule has 2 aromatic carbocycles. The largest absolute Gasteiger partial charge is 0.484 e. The third-order valence-electron chi connectivity index (χ3n) is 3.88. The molecule has 0 saturated carbocycles. The number of anilines is 1. The van der Waals surface area contributed by atoms with Crippen molar-refractivity contribution in [3.63, 3.8) is 0 Å². The summed E-state index contributed by atoms with van der Waals surface area (Å²) in [6.45, 7) is 1.92. The standard InChI is InChI=1S/C19H18N4O4/c1-2-23-19(26)15-6-4-3-5-14(15)17(22-23)18(25)21-12-7-9-13(10-8-12)27-11-16(20)24/h3-10H,2,11H2,1H3,(H2,20,24)(H,21,25). The van der Waals surface area contributed by atoms with Crippen molar-refractivity contribution in [3.8, 4) is 5.75 Å². The fraction of sp³-hybridized carbons (Fsp3) is 0.158. The van der Waals surface area contributed by atoms with E-state index in [1.54, 1.807) is 55.5 Å². The highest BCUT2D eigenvalue weighted by Crippen LogP contribution is 2.18. The molecule has 27 heavy (non-hydrogen) atoms. The van der Waals surface area contributed by atoms with Crippen LogP contribution in [-0.2, 0) is 11.3 Å². The summed E-state index contributed by atoms with van der Waals surface area (Å²) >= 11 is 0. The minimum atomic E-state index is -0.573. The third-order valence-corrected chi connectivity index (χ3v) is 3.88. The molecule has 3 N–H and O–H groups in total. The molecule has 8 nitrogen and oxygen atoms in total. The number of carbonyl (C=O) groups excluding carboxylic acids is 2. The van der Waals surface area contributed by atoms with Gasteiger partial charge in [0.1, 0.15) is 5.75 Å². The van der Waals surface area contributed by atoms with E-state index in [-0.39, 0.29) is 17.9 Å². The predicted octanol–water partition coefficient (Wildman–Crippen LogP) is 1.53. The number of carbonyl (C=O) groups is 2. The van der Waals surface area contributed by atoms with Gasteiger partial charge in [-0.05, 0) is 37.3 Å². The topological polar surface area (TPSA) is 116 Å². The molecule has 0 atom stereocenters. The van der Waals surface area contributed by atoms with Gasteiger partial charge in [-0.3, -0.25) is 14.4 Å². The summed E-state index contributed by atoms with van der Waals surface area (Å²) in [7, 11) is 0. The van der Waals surface area contributed by atoms with Crippen molar-refractivity contribution in [3.05, 3.63) is 64.6 Å². The number of amides is 2. The van der Waals surface area contributed by atoms with Gasteiger partial charge in [0.25, 0.3) is 17.4 Å². The minimum Gasteiger partial charge on any atom is -0.484 e. The van der Waals surface area contributed by atoms with E-state index >= 15 is 0 Å². The molecule has 0 aliphatic rings. The van der Waals surface area contributed by atoms with Crippen molar-refractivity contribution in [2.24, 2.45) is 5.73 Å². The van der Waals surface area contributed by atoms with Crippen LogP contribution in [0.15, 0.2) is 53.3 Å². The van der Waals surface area contributed by atoms with Gasteiger partial charge in [-0.1, -0.05) is 18.2 Å². The average Bonchev–Trinajstić information content (AvgIpc) is 2.68. The maximum atomic E-state index is 12.7. The first kappa shape index (κ1) is 18.1. The fourth-order valence-electron chi connectivity index (χ4n) is 2.60. The second-order valence-corrected chi connectivity index (χ2v) is 5.75. The second-order valence-electron chi connectivity index (χ2n) is 5.75. The number of rotatable bonds is 6. The summed E-state index contributed by atoms with van der Waals surface area (Å²) in [5, 5.41) is 7.88. The molecule has 138 valence electrons. The van der Waals surface area contributed by atoms with E-state index in [2.05, 4.69) is 10.4 Å². The van der Waals surface area contributed by atoms with Crippen LogP contribution in [0.3, 0.4) is 0 Å². The van der Waals surface area contributed by atoms with Crippen molar-refractivity contribution >= 4 is 28.3 Å². The van der Waals surface area contributed by atoms with Crippen LogP contribution in [0.5, 0.6) is 5.75 Å². The first-order valence-corrected chi connectivity index (χ1v) is 8.32. The highest BCUT2D eigenvalue weighted by Gasteiger charge is 2.16. The van der Waals surface area contributed by atoms with E-state index in [0.29, 0.717) is 28.8 Å². The molecule has 0 aliphatic carbocycles. The first-order valence-electron chi connectivity index (χ1n) is 8.32. The van der Waals surface area contributed by atoms with Crippen LogP contribution in [0, 0.1) is 0 Å². The van der Waals surface area contributed by atoms with Gasteiger partial charge in [-0.2, -0.15) is 5.10 Å². The van der Waals surface area contributed by atoms with E-state index in [9.17, 15) is 14.4 Å². The van der Waals surface area contributed by atoms with Crippen LogP contribution in [0.1, 0.15) is 17.4 Å². The van der Waals surface area contributed by atoms with Gasteiger partial charge in [0.15, 0.2) is 12.3 Å². The maximum absolute atomic E-state index is 12.7. The number of nitrogens with zero attached hydrogens (tertiary/aromatic N) is 2. The van der Waals surface area contributed by atoms with Crippen molar-refractivity contribution in [1.82, 2.24) is 9.78 Å². The number of aromatic nitrogens is 2. The number of primary amides is 1. The summed E-state index contributed by atoms with van der Waals surface area (Å²) in [6, 6.07) is 13.3. The van der Waals surface area contributed by atoms with Gasteiger partial charge in [0, 0.05) is 17.6 Å². The highest BCUT2D eigenvalue weighted by molar-refractivity contribution is 6.11. The Morgan fingerprint density at radius 3 is 2.41 bits per heavy atom. The van der Waals surface area contributed by atoms with Gasteiger partial charge in [0.2, 0.25) is 0 Å². The van der Waals surface area contributed by atoms with E-state index < -0.39 is 11.8 Å². The van der Waals surface area contributed by atoms with Gasteiger partial charge >= 0.3 is 0 Å². The molecule has 0 aliphatic heterocycles. The Bertz CT molecular complexity index is 1060. The van der Waals surface area contributed by atoms with Crippen molar-refractivity contribution < 1.29 is 14.3 Å². The normalized spacial score (nSPS) is 10.6. The zero-order valence-corrected chi connectivity index (χ0v) is 14.6. The molecule has 3 aromatic rings. The van der Waals surface area contributed by atoms with Crippen LogP contribution < -0.4 is 21.3 Å². The minimum absolute atomic E-state index is 0.168. The lowest BCUT2D eigenvalue weighted by Crippen LogP contribution is -2.27. The zero-order chi connectivity index (χ0) is 19.4. The van der Waals surface area contributed by atoms with Crippen LogP contribution in [0.25, 0.3) is 10.8 Å². The molecular weight excluding hydrogens is 348 g/mol. The molecule has 0 radical (unpaired) electrons. The van der Waals surface area contributed by atoms with E-state index in [1.165, 1.54) is 4.68 Å². The van der Waals surface area contributed by atoms with Crippen LogP contribution in [0.4, 0.5) is 5.69 Å². The van der Waals surface area contributed by atoms with Crippen LogP contribution in [-0.4, -0.2) is 28.2 Å². The van der Waals surface area contributed by atoms with Crippen molar-refractivity contribution in [2.75, 3.05) is 11.9 Å². The smallest absolute Gasteiger partial charge is 0.276 e. The Balaban J connectivity index is 1.87. The van der Waals surface area contributed by atoms with Crippen molar-refractivity contribution in [1.29, 1.82) is 0 Å². The number of aryl methyl sites for hydroxylation is 1. The first-order chi connectivity index (χ1) is 13.0. The van der Waals surface area contributed by atoms with Gasteiger partial charge in [0.05, 0.1) is 5.39 Å². The number of benzene rings is 2. The highest BCUT2D eigenvalue weighted by atomic mass is 16.5. The summed E-state index contributed by atoms with van der Waals surface area (Å²) in [6.07, 6.45) is 0. The molecule has 0 fully saturated rings. The van der Waals surface area contributed by atoms with Crippen LogP contribution >= 0.6 is 0 Å². The number of nitrogens with two attached hydrogens (primary N) is 1. The van der Waals surface area contributed by atoms with Gasteiger partial charge in [-0.25, -0.2) is 4.68 Å². The molecule has 8 heteroatoms. The molecule has 2 amide bonds. The second kappa shape index (κ2) is 7.69. The Morgan fingerprint density at radius 2 is 1.78 bits per heavy atom. The molecule has 0 spiro atoms. The Labute approximate surface area is 154 Å². The molecule has 1 heterocycles. The van der Waals surface area contributed by atoms with Crippen LogP contribution in [0.2, 0.25) is 0 Å². The van der Waals surface area contributed by atoms with Gasteiger partial charge < -0.3 is 15.8 Å². The quantitative estimate of drug-likeness (QED) is 0.686. The number of hydrogen-bond donors (Lipinski definition) is 2. The molecule has 0 bridgehead atoms. The SMILES string of the molecule is CCn1nc(C(=O)Nc2ccc(OCC(N)=O)cc2)c2ccccc2c1=O. The van der Waals surface area contributed by atoms with E-state index in [4.69, 9.17) is 10.5 Å². The molecule has 3 rings (SSSR count). The summed E-state index contributed by atoms with van der Waals surface area (Å²) in [5.74, 6) is -0.550. The number of nitrogens with one attached hydrogen (secondary N) is 1. The lowest BCUT2D eigenvalue weighted by Gasteiger charge is -2.10. The summed E-state index contributed by atoms with van der Waals surface area (Å²) in [4.78, 5) is 35.8. The molecule has 1 aromatic heterocycles. The lowest BCUT2D eigenvalue weighted by atomic mass is 10.1. The average molecular weight is 366 g/mol. The monoisotopic (exact) mass is 366 g/mol. The summed E-state index contributed by atoms with van der Waals surface area (Å²) < 4.78 is 6.44. The van der Waals surface area contributed by atoms with E-state index in [1.807, 2.05) is 0 Å². The Kier molecular flexibility index (Phi) is 5.16. The molecule has 0 saturated heterocycles. The third kappa shape index (κ3) is 3.95. The van der Waals surface area contributed by atoms with Gasteiger partial charge in [-0.15, -0.1) is 0 Å². The lowest BCUT2D eigenvalue weighted by molar-refractivity contribution is -0.119. The van der Waals surface area contributed by atoms with E-state index in [0.717, 1.165) is 0 Å². The maximum Gasteiger partial charge on any atom is 0.276 e. The fourth-order valence-corrected chi connectivity index (χ4v) is 2.60. The number of ether oxygens (including phenoxy) is 1. The zero-order valence-electron chi connectivity index (χ0n) is 14.6. The number of fused-ring (bicyclic) bond motifs is 1. The number of hydrogen-bond acceptors (Lipinski definition) is 5. The Morgan fingerprint density at radius 1 is 1.11 bits per heavy atom. The molecular formula is C19H18N4O4. The Hall–Kier alpha value is -3.68.